The van der Waals surface area contributed by atoms with Gasteiger partial charge in [0.2, 0.25) is 0 Å². The van der Waals surface area contributed by atoms with E-state index in [1.54, 1.807) is 18.2 Å². The van der Waals surface area contributed by atoms with E-state index in [-0.39, 0.29) is 12.2 Å². The molecular formula is C28H32Cl2N6O3S2. The fourth-order valence-corrected chi connectivity index (χ4v) is 6.90. The molecule has 0 atom stereocenters. The summed E-state index contributed by atoms with van der Waals surface area (Å²) in [6.45, 7) is 1.15. The fraction of sp³-hybridized carbons (Fsp3) is 0.429. The maximum Gasteiger partial charge on any atom is 0.293 e. The van der Waals surface area contributed by atoms with Crippen LogP contribution in [0.15, 0.2) is 30.3 Å². The highest BCUT2D eigenvalue weighted by atomic mass is 35.5. The van der Waals surface area contributed by atoms with Crippen molar-refractivity contribution in [1.82, 2.24) is 19.5 Å². The number of halogens is 2. The molecule has 1 saturated heterocycles. The SMILES string of the molecule is CN(Cc1c(C(=O)N(c2ccc(Cl)cc2Cl)N2CCCCC2)n[nH]c1-c1ccc(C#CC2CCCC2)s1)S(N)(=O)=O. The molecule has 1 aliphatic carbocycles. The van der Waals surface area contributed by atoms with Crippen LogP contribution in [-0.2, 0) is 16.8 Å². The lowest BCUT2D eigenvalue weighted by atomic mass is 10.1. The van der Waals surface area contributed by atoms with Crippen LogP contribution in [0.5, 0.6) is 0 Å². The number of nitrogens with zero attached hydrogens (tertiary/aromatic N) is 4. The van der Waals surface area contributed by atoms with E-state index in [0.717, 1.165) is 46.2 Å². The number of nitrogens with two attached hydrogens (primary N) is 1. The van der Waals surface area contributed by atoms with Crippen molar-refractivity contribution in [2.75, 3.05) is 25.1 Å². The lowest BCUT2D eigenvalue weighted by Gasteiger charge is -2.37. The van der Waals surface area contributed by atoms with Crippen LogP contribution in [-0.4, -0.2) is 54.0 Å². The Morgan fingerprint density at radius 2 is 1.88 bits per heavy atom. The number of aromatic amines is 1. The van der Waals surface area contributed by atoms with Crippen molar-refractivity contribution in [3.05, 3.63) is 56.5 Å². The van der Waals surface area contributed by atoms with Crippen LogP contribution in [0.3, 0.4) is 0 Å². The van der Waals surface area contributed by atoms with E-state index in [2.05, 4.69) is 22.0 Å². The van der Waals surface area contributed by atoms with Gasteiger partial charge in [-0.05, 0) is 56.0 Å². The van der Waals surface area contributed by atoms with Gasteiger partial charge in [-0.2, -0.15) is 17.8 Å². The van der Waals surface area contributed by atoms with Crippen LogP contribution in [0.1, 0.15) is 65.9 Å². The van der Waals surface area contributed by atoms with E-state index in [1.165, 1.54) is 36.2 Å². The molecule has 3 aromatic rings. The first-order chi connectivity index (χ1) is 19.6. The third-order valence-corrected chi connectivity index (χ3v) is 9.99. The molecule has 3 N–H and O–H groups in total. The topological polar surface area (TPSA) is 116 Å². The molecule has 3 heterocycles. The van der Waals surface area contributed by atoms with Crippen molar-refractivity contribution < 1.29 is 13.2 Å². The van der Waals surface area contributed by atoms with Crippen LogP contribution < -0.4 is 10.1 Å². The largest absolute Gasteiger partial charge is 0.293 e. The zero-order chi connectivity index (χ0) is 29.1. The summed E-state index contributed by atoms with van der Waals surface area (Å²) in [4.78, 5) is 16.0. The number of hydrazine groups is 1. The number of piperidine rings is 1. The zero-order valence-corrected chi connectivity index (χ0v) is 25.8. The number of amides is 1. The quantitative estimate of drug-likeness (QED) is 0.325. The Balaban J connectivity index is 1.56. The monoisotopic (exact) mass is 634 g/mol. The molecule has 1 aliphatic heterocycles. The minimum absolute atomic E-state index is 0.0825. The van der Waals surface area contributed by atoms with Gasteiger partial charge in [0.05, 0.1) is 26.2 Å². The van der Waals surface area contributed by atoms with Gasteiger partial charge < -0.3 is 0 Å². The molecule has 9 nitrogen and oxygen atoms in total. The molecule has 41 heavy (non-hydrogen) atoms. The van der Waals surface area contributed by atoms with Crippen LogP contribution in [0, 0.1) is 17.8 Å². The lowest BCUT2D eigenvalue weighted by Crippen LogP contribution is -2.49. The normalized spacial score (nSPS) is 16.6. The second kappa shape index (κ2) is 12.8. The summed E-state index contributed by atoms with van der Waals surface area (Å²) in [7, 11) is -2.67. The maximum absolute atomic E-state index is 14.3. The summed E-state index contributed by atoms with van der Waals surface area (Å²) in [5, 5.41) is 17.1. The molecule has 2 aliphatic rings. The summed E-state index contributed by atoms with van der Waals surface area (Å²) in [5.74, 6) is 6.65. The number of nitrogens with one attached hydrogen (secondary N) is 1. The Morgan fingerprint density at radius 1 is 1.15 bits per heavy atom. The van der Waals surface area contributed by atoms with E-state index in [9.17, 15) is 13.2 Å². The highest BCUT2D eigenvalue weighted by Gasteiger charge is 2.33. The van der Waals surface area contributed by atoms with Crippen LogP contribution in [0.2, 0.25) is 10.0 Å². The first kappa shape index (κ1) is 30.0. The molecule has 0 bridgehead atoms. The number of rotatable bonds is 7. The van der Waals surface area contributed by atoms with Gasteiger partial charge in [0.15, 0.2) is 5.69 Å². The van der Waals surface area contributed by atoms with Crippen molar-refractivity contribution in [2.45, 2.75) is 51.5 Å². The number of carbonyl (C=O) groups excluding carboxylic acids is 1. The average Bonchev–Trinajstić information content (AvgIpc) is 3.70. The average molecular weight is 636 g/mol. The molecular weight excluding hydrogens is 603 g/mol. The van der Waals surface area contributed by atoms with Gasteiger partial charge >= 0.3 is 0 Å². The van der Waals surface area contributed by atoms with Crippen molar-refractivity contribution >= 4 is 56.3 Å². The number of hydrogen-bond acceptors (Lipinski definition) is 6. The number of carbonyl (C=O) groups is 1. The standard InChI is InChI=1S/C28H32Cl2N6O3S2/c1-34(41(31,38)39)18-22-26(25-14-12-21(40-25)11-9-19-7-3-4-8-19)32-33-27(22)28(37)36(35-15-5-2-6-16-35)24-13-10-20(29)17-23(24)30/h10,12-14,17,19H,2-8,15-16,18H2,1H3,(H,32,33)(H2,31,38,39). The molecule has 2 fully saturated rings. The fourth-order valence-electron chi connectivity index (χ4n) is 5.22. The van der Waals surface area contributed by atoms with Gasteiger partial charge in [0, 0.05) is 43.2 Å². The third-order valence-electron chi connectivity index (χ3n) is 7.44. The Hall–Kier alpha value is -2.43. The van der Waals surface area contributed by atoms with E-state index >= 15 is 0 Å². The number of hydrogen-bond donors (Lipinski definition) is 2. The summed E-state index contributed by atoms with van der Waals surface area (Å²) in [5.41, 5.74) is 1.51. The summed E-state index contributed by atoms with van der Waals surface area (Å²) < 4.78 is 25.4. The Labute approximate surface area is 254 Å². The van der Waals surface area contributed by atoms with Crippen LogP contribution in [0.25, 0.3) is 10.6 Å². The Bertz CT molecular complexity index is 1580. The van der Waals surface area contributed by atoms with Crippen molar-refractivity contribution in [3.8, 4) is 22.4 Å². The van der Waals surface area contributed by atoms with Gasteiger partial charge in [-0.15, -0.1) is 11.3 Å². The molecule has 1 amide bonds. The number of H-pyrrole nitrogens is 1. The molecule has 1 saturated carbocycles. The van der Waals surface area contributed by atoms with Crippen molar-refractivity contribution in [2.24, 2.45) is 11.1 Å². The third kappa shape index (κ3) is 6.97. The van der Waals surface area contributed by atoms with Gasteiger partial charge in [-0.1, -0.05) is 54.3 Å². The smallest absolute Gasteiger partial charge is 0.276 e. The molecule has 2 aromatic heterocycles. The minimum atomic E-state index is -4.04. The molecule has 1 aromatic carbocycles. The predicted octanol–water partition coefficient (Wildman–Crippen LogP) is 5.67. The number of benzene rings is 1. The Kier molecular flexibility index (Phi) is 9.40. The first-order valence-corrected chi connectivity index (χ1v) is 16.7. The second-order valence-corrected chi connectivity index (χ2v) is 13.9. The second-order valence-electron chi connectivity index (χ2n) is 10.4. The minimum Gasteiger partial charge on any atom is -0.276 e. The highest BCUT2D eigenvalue weighted by molar-refractivity contribution is 7.86. The van der Waals surface area contributed by atoms with E-state index in [4.69, 9.17) is 28.3 Å². The van der Waals surface area contributed by atoms with E-state index in [1.807, 2.05) is 17.1 Å². The highest BCUT2D eigenvalue weighted by Crippen LogP contribution is 2.35. The van der Waals surface area contributed by atoms with Crippen LogP contribution >= 0.6 is 34.5 Å². The van der Waals surface area contributed by atoms with Crippen LogP contribution in [0.4, 0.5) is 5.69 Å². The van der Waals surface area contributed by atoms with E-state index in [0.29, 0.717) is 46.0 Å². The van der Waals surface area contributed by atoms with Gasteiger partial charge in [-0.3, -0.25) is 9.89 Å². The zero-order valence-electron chi connectivity index (χ0n) is 22.7. The molecule has 0 unspecified atom stereocenters. The summed E-state index contributed by atoms with van der Waals surface area (Å²) in [6.07, 6.45) is 7.60. The predicted molar refractivity (Wildman–Crippen MR) is 164 cm³/mol. The maximum atomic E-state index is 14.3. The molecule has 218 valence electrons. The van der Waals surface area contributed by atoms with E-state index < -0.39 is 16.1 Å². The Morgan fingerprint density at radius 3 is 2.56 bits per heavy atom. The lowest BCUT2D eigenvalue weighted by molar-refractivity contribution is 0.0866. The molecule has 0 spiro atoms. The summed E-state index contributed by atoms with van der Waals surface area (Å²) in [6, 6.07) is 8.82. The molecule has 5 rings (SSSR count). The first-order valence-electron chi connectivity index (χ1n) is 13.6. The summed E-state index contributed by atoms with van der Waals surface area (Å²) >= 11 is 14.2. The van der Waals surface area contributed by atoms with Crippen molar-refractivity contribution in [1.29, 1.82) is 0 Å². The number of aromatic nitrogens is 2. The van der Waals surface area contributed by atoms with Gasteiger partial charge in [0.25, 0.3) is 16.1 Å². The van der Waals surface area contributed by atoms with Gasteiger partial charge in [-0.25, -0.2) is 15.2 Å². The molecule has 13 heteroatoms. The number of thiophene rings is 1. The van der Waals surface area contributed by atoms with Crippen molar-refractivity contribution in [3.63, 3.8) is 0 Å². The van der Waals surface area contributed by atoms with Gasteiger partial charge in [0.1, 0.15) is 0 Å². The molecule has 0 radical (unpaired) electrons. The number of anilines is 1.